The molecule has 5 nitrogen and oxygen atoms in total. The predicted molar refractivity (Wildman–Crippen MR) is 93.6 cm³/mol. The van der Waals surface area contributed by atoms with Crippen LogP contribution >= 0.6 is 0 Å². The van der Waals surface area contributed by atoms with Crippen LogP contribution in [0.1, 0.15) is 23.7 Å². The summed E-state index contributed by atoms with van der Waals surface area (Å²) in [6, 6.07) is 14.1. The average Bonchev–Trinajstić information content (AvgIpc) is 2.62. The van der Waals surface area contributed by atoms with Gasteiger partial charge in [0, 0.05) is 19.7 Å². The van der Waals surface area contributed by atoms with E-state index >= 15 is 0 Å². The molecule has 0 spiro atoms. The highest BCUT2D eigenvalue weighted by Crippen LogP contribution is 2.09. The van der Waals surface area contributed by atoms with Crippen LogP contribution in [-0.2, 0) is 19.5 Å². The van der Waals surface area contributed by atoms with E-state index in [1.807, 2.05) is 18.2 Å². The topological polar surface area (TPSA) is 58.5 Å². The molecule has 0 bridgehead atoms. The Hall–Kier alpha value is -2.56. The molecular weight excluding hydrogens is 288 g/mol. The van der Waals surface area contributed by atoms with E-state index in [2.05, 4.69) is 51.8 Å². The second-order valence-corrected chi connectivity index (χ2v) is 5.07. The lowest BCUT2D eigenvalue weighted by atomic mass is 10.1. The van der Waals surface area contributed by atoms with Crippen LogP contribution in [0.25, 0.3) is 0 Å². The van der Waals surface area contributed by atoms with Crippen molar-refractivity contribution in [1.29, 1.82) is 0 Å². The van der Waals surface area contributed by atoms with Crippen molar-refractivity contribution < 1.29 is 4.74 Å². The molecule has 0 unspecified atom stereocenters. The summed E-state index contributed by atoms with van der Waals surface area (Å²) in [5.74, 6) is 1.37. The molecule has 0 saturated heterocycles. The quantitative estimate of drug-likeness (QED) is 0.636. The molecule has 1 aromatic heterocycles. The number of hydrogen-bond donors (Lipinski definition) is 2. The van der Waals surface area contributed by atoms with Gasteiger partial charge in [-0.15, -0.1) is 0 Å². The number of ether oxygens (including phenoxy) is 1. The minimum atomic E-state index is 0.590. The number of nitrogens with one attached hydrogen (secondary N) is 2. The first-order chi connectivity index (χ1) is 11.3. The number of benzene rings is 1. The minimum absolute atomic E-state index is 0.590. The number of hydrogen-bond acceptors (Lipinski definition) is 3. The molecule has 23 heavy (non-hydrogen) atoms. The zero-order valence-electron chi connectivity index (χ0n) is 14.0. The Morgan fingerprint density at radius 1 is 1.04 bits per heavy atom. The third kappa shape index (κ3) is 4.98. The van der Waals surface area contributed by atoms with Gasteiger partial charge in [-0.25, -0.2) is 4.98 Å². The molecule has 1 heterocycles. The highest BCUT2D eigenvalue weighted by Gasteiger charge is 2.03. The molecule has 0 atom stereocenters. The van der Waals surface area contributed by atoms with Crippen molar-refractivity contribution in [3.63, 3.8) is 0 Å². The molecule has 0 aliphatic carbocycles. The largest absolute Gasteiger partial charge is 0.481 e. The van der Waals surface area contributed by atoms with Crippen LogP contribution in [0.5, 0.6) is 5.88 Å². The van der Waals surface area contributed by atoms with Gasteiger partial charge < -0.3 is 15.4 Å². The van der Waals surface area contributed by atoms with E-state index in [9.17, 15) is 0 Å². The third-order valence-corrected chi connectivity index (χ3v) is 3.60. The SMILES string of the molecule is CCc1ccccc1CNC(=NC)NCc1cccc(OC)n1. The Kier molecular flexibility index (Phi) is 6.41. The zero-order chi connectivity index (χ0) is 16.5. The van der Waals surface area contributed by atoms with Gasteiger partial charge in [-0.3, -0.25) is 4.99 Å². The first kappa shape index (κ1) is 16.8. The van der Waals surface area contributed by atoms with Crippen LogP contribution in [0.4, 0.5) is 0 Å². The van der Waals surface area contributed by atoms with Crippen molar-refractivity contribution in [2.24, 2.45) is 4.99 Å². The van der Waals surface area contributed by atoms with Crippen molar-refractivity contribution in [3.8, 4) is 5.88 Å². The van der Waals surface area contributed by atoms with Gasteiger partial charge in [0.25, 0.3) is 0 Å². The summed E-state index contributed by atoms with van der Waals surface area (Å²) in [7, 11) is 3.38. The van der Waals surface area contributed by atoms with E-state index in [0.29, 0.717) is 12.4 Å². The second-order valence-electron chi connectivity index (χ2n) is 5.07. The molecule has 122 valence electrons. The molecule has 0 radical (unpaired) electrons. The smallest absolute Gasteiger partial charge is 0.213 e. The lowest BCUT2D eigenvalue weighted by molar-refractivity contribution is 0.396. The normalized spacial score (nSPS) is 11.2. The van der Waals surface area contributed by atoms with E-state index in [-0.39, 0.29) is 0 Å². The highest BCUT2D eigenvalue weighted by molar-refractivity contribution is 5.79. The Labute approximate surface area is 137 Å². The molecular formula is C18H24N4O. The van der Waals surface area contributed by atoms with Gasteiger partial charge in [0.05, 0.1) is 19.3 Å². The molecule has 0 saturated carbocycles. The van der Waals surface area contributed by atoms with Gasteiger partial charge in [0.15, 0.2) is 5.96 Å². The Bertz CT molecular complexity index is 655. The fraction of sp³-hybridized carbons (Fsp3) is 0.333. The van der Waals surface area contributed by atoms with Crippen LogP contribution in [0, 0.1) is 0 Å². The zero-order valence-corrected chi connectivity index (χ0v) is 14.0. The van der Waals surface area contributed by atoms with Crippen molar-refractivity contribution in [2.45, 2.75) is 26.4 Å². The van der Waals surface area contributed by atoms with Gasteiger partial charge in [-0.05, 0) is 23.6 Å². The molecule has 2 N–H and O–H groups in total. The molecule has 2 aromatic rings. The summed E-state index contributed by atoms with van der Waals surface area (Å²) < 4.78 is 5.13. The summed E-state index contributed by atoms with van der Waals surface area (Å²) in [4.78, 5) is 8.63. The van der Waals surface area contributed by atoms with Crippen LogP contribution in [0.3, 0.4) is 0 Å². The lowest BCUT2D eigenvalue weighted by Gasteiger charge is -2.13. The summed E-state index contributed by atoms with van der Waals surface area (Å²) in [6.45, 7) is 3.50. The number of aromatic nitrogens is 1. The van der Waals surface area contributed by atoms with E-state index < -0.39 is 0 Å². The van der Waals surface area contributed by atoms with Crippen LogP contribution in [0.2, 0.25) is 0 Å². The van der Waals surface area contributed by atoms with Gasteiger partial charge >= 0.3 is 0 Å². The number of nitrogens with zero attached hydrogens (tertiary/aromatic N) is 2. The predicted octanol–water partition coefficient (Wildman–Crippen LogP) is 2.52. The van der Waals surface area contributed by atoms with Crippen molar-refractivity contribution in [2.75, 3.05) is 14.2 Å². The van der Waals surface area contributed by atoms with Crippen LogP contribution in [-0.4, -0.2) is 25.1 Å². The minimum Gasteiger partial charge on any atom is -0.481 e. The first-order valence-corrected chi connectivity index (χ1v) is 7.78. The maximum Gasteiger partial charge on any atom is 0.213 e. The first-order valence-electron chi connectivity index (χ1n) is 7.78. The maximum atomic E-state index is 5.13. The molecule has 0 aliphatic rings. The number of guanidine groups is 1. The van der Waals surface area contributed by atoms with Gasteiger partial charge in [-0.2, -0.15) is 0 Å². The molecule has 5 heteroatoms. The van der Waals surface area contributed by atoms with E-state index in [4.69, 9.17) is 4.74 Å². The fourth-order valence-electron chi connectivity index (χ4n) is 2.32. The summed E-state index contributed by atoms with van der Waals surface area (Å²) in [5.41, 5.74) is 3.55. The maximum absolute atomic E-state index is 5.13. The van der Waals surface area contributed by atoms with E-state index in [1.54, 1.807) is 14.2 Å². The molecule has 1 aromatic carbocycles. The summed E-state index contributed by atoms with van der Waals surface area (Å²) in [5, 5.41) is 6.60. The van der Waals surface area contributed by atoms with Crippen LogP contribution in [0.15, 0.2) is 47.5 Å². The monoisotopic (exact) mass is 312 g/mol. The number of aliphatic imine (C=N–C) groups is 1. The number of methoxy groups -OCH3 is 1. The van der Waals surface area contributed by atoms with E-state index in [0.717, 1.165) is 24.6 Å². The fourth-order valence-corrected chi connectivity index (χ4v) is 2.32. The summed E-state index contributed by atoms with van der Waals surface area (Å²) >= 11 is 0. The molecule has 0 fully saturated rings. The standard InChI is InChI=1S/C18H24N4O/c1-4-14-8-5-6-9-15(14)12-20-18(19-2)21-13-16-10-7-11-17(22-16)23-3/h5-11H,4,12-13H2,1-3H3,(H2,19,20,21). The molecule has 0 aliphatic heterocycles. The Morgan fingerprint density at radius 3 is 2.48 bits per heavy atom. The second kappa shape index (κ2) is 8.78. The number of rotatable bonds is 6. The van der Waals surface area contributed by atoms with E-state index in [1.165, 1.54) is 11.1 Å². The van der Waals surface area contributed by atoms with Crippen molar-refractivity contribution in [3.05, 3.63) is 59.3 Å². The number of pyridine rings is 1. The lowest BCUT2D eigenvalue weighted by Crippen LogP contribution is -2.36. The average molecular weight is 312 g/mol. The Morgan fingerprint density at radius 2 is 1.78 bits per heavy atom. The van der Waals surface area contributed by atoms with Gasteiger partial charge in [0.2, 0.25) is 5.88 Å². The molecule has 0 amide bonds. The third-order valence-electron chi connectivity index (χ3n) is 3.60. The van der Waals surface area contributed by atoms with Crippen molar-refractivity contribution in [1.82, 2.24) is 15.6 Å². The molecule has 2 rings (SSSR count). The van der Waals surface area contributed by atoms with Gasteiger partial charge in [-0.1, -0.05) is 37.3 Å². The Balaban J connectivity index is 1.90. The van der Waals surface area contributed by atoms with Crippen molar-refractivity contribution >= 4 is 5.96 Å². The van der Waals surface area contributed by atoms with Gasteiger partial charge in [0.1, 0.15) is 0 Å². The highest BCUT2D eigenvalue weighted by atomic mass is 16.5. The van der Waals surface area contributed by atoms with Crippen LogP contribution < -0.4 is 15.4 Å². The summed E-state index contributed by atoms with van der Waals surface area (Å²) in [6.07, 6.45) is 1.03. The number of aryl methyl sites for hydroxylation is 1.